The first-order valence-corrected chi connectivity index (χ1v) is 7.72. The third kappa shape index (κ3) is 2.74. The monoisotopic (exact) mass is 282 g/mol. The second-order valence-corrected chi connectivity index (χ2v) is 6.35. The second kappa shape index (κ2) is 5.73. The van der Waals surface area contributed by atoms with Gasteiger partial charge in [0.2, 0.25) is 0 Å². The zero-order chi connectivity index (χ0) is 13.9. The highest BCUT2D eigenvalue weighted by Gasteiger charge is 2.07. The highest BCUT2D eigenvalue weighted by molar-refractivity contribution is 7.15. The fourth-order valence-corrected chi connectivity index (χ4v) is 3.21. The number of benzene rings is 1. The van der Waals surface area contributed by atoms with Gasteiger partial charge < -0.3 is 5.32 Å². The van der Waals surface area contributed by atoms with Gasteiger partial charge in [-0.05, 0) is 18.2 Å². The van der Waals surface area contributed by atoms with Gasteiger partial charge in [0.25, 0.3) is 0 Å². The Balaban J connectivity index is 1.95. The van der Waals surface area contributed by atoms with Gasteiger partial charge in [-0.2, -0.15) is 0 Å². The minimum Gasteiger partial charge on any atom is -0.310 e. The average Bonchev–Trinajstić information content (AvgIpc) is 2.93. The summed E-state index contributed by atoms with van der Waals surface area (Å²) in [5, 5.41) is 4.65. The number of hydrogen-bond acceptors (Lipinski definition) is 3. The minimum atomic E-state index is 0.514. The fourth-order valence-electron chi connectivity index (χ4n) is 2.23. The summed E-state index contributed by atoms with van der Waals surface area (Å²) in [7, 11) is 0. The van der Waals surface area contributed by atoms with Crippen molar-refractivity contribution in [2.24, 2.45) is 0 Å². The normalized spacial score (nSPS) is 11.3. The standard InChI is InChI=1S/C17H18N2S/c1-12(2)19-11-14-8-9-16(20-14)15-7-3-5-13-6-4-10-18-17(13)15/h3-10,12,19H,11H2,1-2H3. The highest BCUT2D eigenvalue weighted by Crippen LogP contribution is 2.32. The summed E-state index contributed by atoms with van der Waals surface area (Å²) >= 11 is 1.84. The molecule has 0 spiro atoms. The van der Waals surface area contributed by atoms with Crippen molar-refractivity contribution >= 4 is 22.2 Å². The topological polar surface area (TPSA) is 24.9 Å². The van der Waals surface area contributed by atoms with Crippen molar-refractivity contribution in [2.45, 2.75) is 26.4 Å². The number of aromatic nitrogens is 1. The lowest BCUT2D eigenvalue weighted by Crippen LogP contribution is -2.21. The minimum absolute atomic E-state index is 0.514. The Bertz CT molecular complexity index is 710. The summed E-state index contributed by atoms with van der Waals surface area (Å²) < 4.78 is 0. The molecule has 2 aromatic heterocycles. The van der Waals surface area contributed by atoms with Crippen molar-refractivity contribution in [3.05, 3.63) is 53.5 Å². The lowest BCUT2D eigenvalue weighted by atomic mass is 10.1. The zero-order valence-corrected chi connectivity index (χ0v) is 12.6. The van der Waals surface area contributed by atoms with Gasteiger partial charge in [-0.1, -0.05) is 38.1 Å². The Hall–Kier alpha value is -1.71. The van der Waals surface area contributed by atoms with Crippen LogP contribution >= 0.6 is 11.3 Å². The molecular formula is C17H18N2S. The molecule has 0 fully saturated rings. The van der Waals surface area contributed by atoms with Crippen molar-refractivity contribution < 1.29 is 0 Å². The number of rotatable bonds is 4. The molecule has 0 aliphatic rings. The van der Waals surface area contributed by atoms with Crippen LogP contribution in [0.3, 0.4) is 0 Å². The lowest BCUT2D eigenvalue weighted by Gasteiger charge is -2.05. The first-order chi connectivity index (χ1) is 9.74. The number of nitrogens with one attached hydrogen (secondary N) is 1. The van der Waals surface area contributed by atoms with Gasteiger partial charge in [0.15, 0.2) is 0 Å². The van der Waals surface area contributed by atoms with Crippen molar-refractivity contribution in [3.63, 3.8) is 0 Å². The quantitative estimate of drug-likeness (QED) is 0.764. The molecule has 0 atom stereocenters. The third-order valence-corrected chi connectivity index (χ3v) is 4.36. The average molecular weight is 282 g/mol. The van der Waals surface area contributed by atoms with Crippen LogP contribution in [0.15, 0.2) is 48.7 Å². The summed E-state index contributed by atoms with van der Waals surface area (Å²) in [6.45, 7) is 5.27. The summed E-state index contributed by atoms with van der Waals surface area (Å²) in [6, 6.07) is 15.4. The first-order valence-electron chi connectivity index (χ1n) is 6.90. The Morgan fingerprint density at radius 1 is 1.10 bits per heavy atom. The molecule has 0 amide bonds. The molecule has 0 saturated heterocycles. The van der Waals surface area contributed by atoms with Crippen molar-refractivity contribution in [1.82, 2.24) is 10.3 Å². The lowest BCUT2D eigenvalue weighted by molar-refractivity contribution is 0.593. The van der Waals surface area contributed by atoms with Gasteiger partial charge >= 0.3 is 0 Å². The molecule has 3 aromatic rings. The van der Waals surface area contributed by atoms with Crippen LogP contribution in [0.25, 0.3) is 21.3 Å². The van der Waals surface area contributed by atoms with Crippen LogP contribution in [0.1, 0.15) is 18.7 Å². The summed E-state index contributed by atoms with van der Waals surface area (Å²) in [5.74, 6) is 0. The molecule has 2 nitrogen and oxygen atoms in total. The molecule has 0 radical (unpaired) electrons. The number of thiophene rings is 1. The Morgan fingerprint density at radius 2 is 1.95 bits per heavy atom. The van der Waals surface area contributed by atoms with E-state index >= 15 is 0 Å². The summed E-state index contributed by atoms with van der Waals surface area (Å²) in [4.78, 5) is 7.18. The fraction of sp³-hybridized carbons (Fsp3) is 0.235. The van der Waals surface area contributed by atoms with Crippen molar-refractivity contribution in [2.75, 3.05) is 0 Å². The van der Waals surface area contributed by atoms with E-state index in [2.05, 4.69) is 60.5 Å². The van der Waals surface area contributed by atoms with Gasteiger partial charge in [0, 0.05) is 39.5 Å². The Labute approximate surface area is 123 Å². The molecule has 1 N–H and O–H groups in total. The number of fused-ring (bicyclic) bond motifs is 1. The molecule has 3 rings (SSSR count). The molecule has 2 heterocycles. The van der Waals surface area contributed by atoms with Crippen LogP contribution in [0, 0.1) is 0 Å². The third-order valence-electron chi connectivity index (χ3n) is 3.24. The van der Waals surface area contributed by atoms with E-state index in [1.165, 1.54) is 20.7 Å². The van der Waals surface area contributed by atoms with Crippen molar-refractivity contribution in [3.8, 4) is 10.4 Å². The predicted octanol–water partition coefficient (Wildman–Crippen LogP) is 4.46. The van der Waals surface area contributed by atoms with Gasteiger partial charge in [-0.15, -0.1) is 11.3 Å². The largest absolute Gasteiger partial charge is 0.310 e. The summed E-state index contributed by atoms with van der Waals surface area (Å²) in [5.41, 5.74) is 2.31. The highest BCUT2D eigenvalue weighted by atomic mass is 32.1. The smallest absolute Gasteiger partial charge is 0.0788 e. The molecular weight excluding hydrogens is 264 g/mol. The number of pyridine rings is 1. The van der Waals surface area contributed by atoms with Crippen LogP contribution in [0.5, 0.6) is 0 Å². The predicted molar refractivity (Wildman–Crippen MR) is 87.0 cm³/mol. The molecule has 1 aromatic carbocycles. The molecule has 20 heavy (non-hydrogen) atoms. The van der Waals surface area contributed by atoms with E-state index < -0.39 is 0 Å². The molecule has 102 valence electrons. The molecule has 0 aliphatic heterocycles. The van der Waals surface area contributed by atoms with Crippen LogP contribution in [0.4, 0.5) is 0 Å². The van der Waals surface area contributed by atoms with Gasteiger partial charge in [-0.25, -0.2) is 0 Å². The van der Waals surface area contributed by atoms with E-state index in [0.29, 0.717) is 6.04 Å². The zero-order valence-electron chi connectivity index (χ0n) is 11.8. The number of hydrogen-bond donors (Lipinski definition) is 1. The van der Waals surface area contributed by atoms with E-state index in [4.69, 9.17) is 0 Å². The van der Waals surface area contributed by atoms with Crippen LogP contribution < -0.4 is 5.32 Å². The van der Waals surface area contributed by atoms with Crippen LogP contribution in [-0.2, 0) is 6.54 Å². The second-order valence-electron chi connectivity index (χ2n) is 5.18. The maximum atomic E-state index is 4.53. The molecule has 0 aliphatic carbocycles. The first kappa shape index (κ1) is 13.3. The number of nitrogens with zero attached hydrogens (tertiary/aromatic N) is 1. The van der Waals surface area contributed by atoms with Gasteiger partial charge in [0.1, 0.15) is 0 Å². The molecule has 3 heteroatoms. The number of para-hydroxylation sites is 1. The van der Waals surface area contributed by atoms with Gasteiger partial charge in [0.05, 0.1) is 5.52 Å². The SMILES string of the molecule is CC(C)NCc1ccc(-c2cccc3cccnc23)s1. The van der Waals surface area contributed by atoms with E-state index in [1.807, 2.05) is 23.6 Å². The maximum Gasteiger partial charge on any atom is 0.0788 e. The van der Waals surface area contributed by atoms with Crippen LogP contribution in [-0.4, -0.2) is 11.0 Å². The molecule has 0 bridgehead atoms. The van der Waals surface area contributed by atoms with E-state index in [1.54, 1.807) is 0 Å². The maximum absolute atomic E-state index is 4.53. The van der Waals surface area contributed by atoms with E-state index in [-0.39, 0.29) is 0 Å². The summed E-state index contributed by atoms with van der Waals surface area (Å²) in [6.07, 6.45) is 1.86. The molecule has 0 saturated carbocycles. The Morgan fingerprint density at radius 3 is 2.80 bits per heavy atom. The van der Waals surface area contributed by atoms with E-state index in [9.17, 15) is 0 Å². The Kier molecular flexibility index (Phi) is 3.81. The van der Waals surface area contributed by atoms with Crippen LogP contribution in [0.2, 0.25) is 0 Å². The van der Waals surface area contributed by atoms with Crippen molar-refractivity contribution in [1.29, 1.82) is 0 Å². The molecule has 0 unspecified atom stereocenters. The van der Waals surface area contributed by atoms with E-state index in [0.717, 1.165) is 12.1 Å². The van der Waals surface area contributed by atoms with Gasteiger partial charge in [-0.3, -0.25) is 4.98 Å².